The Bertz CT molecular complexity index is 1680. The summed E-state index contributed by atoms with van der Waals surface area (Å²) in [5.74, 6) is -0.970. The lowest BCUT2D eigenvalue weighted by Gasteiger charge is -2.30. The number of nitrogens with one attached hydrogen (secondary N) is 3. The van der Waals surface area contributed by atoms with Crippen molar-refractivity contribution in [2.24, 2.45) is 0 Å². The minimum Gasteiger partial charge on any atom is -0.343 e. The van der Waals surface area contributed by atoms with E-state index in [2.05, 4.69) is 21.0 Å². The molecule has 0 spiro atoms. The highest BCUT2D eigenvalue weighted by Crippen LogP contribution is 2.38. The lowest BCUT2D eigenvalue weighted by Crippen LogP contribution is -2.32. The summed E-state index contributed by atoms with van der Waals surface area (Å²) in [6, 6.07) is 16.1. The van der Waals surface area contributed by atoms with E-state index in [1.54, 1.807) is 19.1 Å². The molecule has 0 radical (unpaired) electrons. The highest BCUT2D eigenvalue weighted by Gasteiger charge is 2.35. The van der Waals surface area contributed by atoms with Crippen LogP contribution in [0.15, 0.2) is 84.2 Å². The Hall–Kier alpha value is -5.32. The molecule has 1 aromatic heterocycles. The number of nitro benzene ring substituents is 1. The molecule has 40 heavy (non-hydrogen) atoms. The molecular formula is C29H25FN6O4. The maximum absolute atomic E-state index is 13.7. The van der Waals surface area contributed by atoms with Crippen LogP contribution in [0.3, 0.4) is 0 Å². The second-order valence-electron chi connectivity index (χ2n) is 9.50. The Morgan fingerprint density at radius 2 is 1.68 bits per heavy atom. The van der Waals surface area contributed by atoms with Gasteiger partial charge in [-0.05, 0) is 74.4 Å². The molecule has 11 heteroatoms. The molecule has 3 N–H and O–H groups in total. The van der Waals surface area contributed by atoms with E-state index in [4.69, 9.17) is 0 Å². The number of non-ortho nitro benzene ring substituents is 1. The molecule has 3 aromatic carbocycles. The van der Waals surface area contributed by atoms with Crippen LogP contribution in [-0.2, 0) is 4.79 Å². The standard InChI is InChI=1S/C29H25FN6O4/c1-16-4-13-24(17(2)14-16)34-29(38)25-18(3)32-27-23(28(37)33-21-9-7-20(30)8-10-21)15-31-35(27)26(25)19-5-11-22(12-6-19)36(39)40/h4-15,26,32H,1-3H3,(H,33,37)(H,34,38)/t26-/m1/s1. The van der Waals surface area contributed by atoms with Gasteiger partial charge in [-0.1, -0.05) is 17.7 Å². The zero-order chi connectivity index (χ0) is 28.6. The number of fused-ring (bicyclic) bond motifs is 1. The zero-order valence-electron chi connectivity index (χ0n) is 21.9. The van der Waals surface area contributed by atoms with E-state index in [0.717, 1.165) is 11.1 Å². The number of rotatable bonds is 6. The third kappa shape index (κ3) is 5.04. The van der Waals surface area contributed by atoms with Gasteiger partial charge in [0.1, 0.15) is 23.2 Å². The Labute approximate surface area is 228 Å². The normalized spacial score (nSPS) is 14.2. The number of allylic oxidation sites excluding steroid dienone is 1. The molecule has 4 aromatic rings. The van der Waals surface area contributed by atoms with E-state index < -0.39 is 28.6 Å². The first kappa shape index (κ1) is 26.3. The van der Waals surface area contributed by atoms with Crippen molar-refractivity contribution in [3.8, 4) is 0 Å². The molecule has 1 atom stereocenters. The Morgan fingerprint density at radius 3 is 2.33 bits per heavy atom. The van der Waals surface area contributed by atoms with Gasteiger partial charge in [0.2, 0.25) is 0 Å². The number of hydrogen-bond donors (Lipinski definition) is 3. The maximum Gasteiger partial charge on any atom is 0.269 e. The highest BCUT2D eigenvalue weighted by atomic mass is 19.1. The summed E-state index contributed by atoms with van der Waals surface area (Å²) in [7, 11) is 0. The van der Waals surface area contributed by atoms with Crippen LogP contribution in [0.4, 0.5) is 27.3 Å². The van der Waals surface area contributed by atoms with Gasteiger partial charge in [0.15, 0.2) is 0 Å². The quantitative estimate of drug-likeness (QED) is 0.212. The van der Waals surface area contributed by atoms with Gasteiger partial charge in [-0.25, -0.2) is 9.07 Å². The predicted octanol–water partition coefficient (Wildman–Crippen LogP) is 5.73. The summed E-state index contributed by atoms with van der Waals surface area (Å²) in [5.41, 5.74) is 4.46. The third-order valence-electron chi connectivity index (χ3n) is 6.66. The van der Waals surface area contributed by atoms with Crippen LogP contribution in [0.1, 0.15) is 40.0 Å². The van der Waals surface area contributed by atoms with Crippen LogP contribution in [0, 0.1) is 29.8 Å². The number of nitro groups is 1. The van der Waals surface area contributed by atoms with Crippen LogP contribution in [0.25, 0.3) is 0 Å². The van der Waals surface area contributed by atoms with Crippen molar-refractivity contribution in [2.75, 3.05) is 16.0 Å². The molecule has 0 unspecified atom stereocenters. The summed E-state index contributed by atoms with van der Waals surface area (Å²) in [4.78, 5) is 37.6. The molecule has 2 amide bonds. The number of anilines is 3. The molecule has 0 saturated carbocycles. The summed E-state index contributed by atoms with van der Waals surface area (Å²) in [6.45, 7) is 5.58. The van der Waals surface area contributed by atoms with Crippen molar-refractivity contribution < 1.29 is 18.9 Å². The number of benzene rings is 3. The number of aryl methyl sites for hydroxylation is 2. The minimum absolute atomic E-state index is 0.0975. The molecule has 10 nitrogen and oxygen atoms in total. The summed E-state index contributed by atoms with van der Waals surface area (Å²) in [6.07, 6.45) is 1.37. The number of nitrogens with zero attached hydrogens (tertiary/aromatic N) is 3. The fourth-order valence-corrected chi connectivity index (χ4v) is 4.68. The van der Waals surface area contributed by atoms with Crippen molar-refractivity contribution in [3.05, 3.63) is 122 Å². The molecule has 2 heterocycles. The van der Waals surface area contributed by atoms with Gasteiger partial charge in [-0.15, -0.1) is 0 Å². The SMILES string of the molecule is CC1=C(C(=O)Nc2ccc(C)cc2C)[C@@H](c2ccc([N+](=O)[O-])cc2)n2ncc(C(=O)Nc3ccc(F)cc3)c2N1. The van der Waals surface area contributed by atoms with Crippen LogP contribution >= 0.6 is 0 Å². The second kappa shape index (κ2) is 10.4. The van der Waals surface area contributed by atoms with E-state index >= 15 is 0 Å². The molecule has 0 bridgehead atoms. The van der Waals surface area contributed by atoms with Gasteiger partial charge >= 0.3 is 0 Å². The van der Waals surface area contributed by atoms with E-state index in [1.165, 1.54) is 47.3 Å². The summed E-state index contributed by atoms with van der Waals surface area (Å²) < 4.78 is 14.8. The van der Waals surface area contributed by atoms with Crippen molar-refractivity contribution >= 4 is 34.7 Å². The van der Waals surface area contributed by atoms with E-state index in [0.29, 0.717) is 34.0 Å². The van der Waals surface area contributed by atoms with Gasteiger partial charge in [-0.3, -0.25) is 19.7 Å². The van der Waals surface area contributed by atoms with E-state index in [9.17, 15) is 24.1 Å². The van der Waals surface area contributed by atoms with E-state index in [1.807, 2.05) is 32.0 Å². The van der Waals surface area contributed by atoms with Gasteiger partial charge in [-0.2, -0.15) is 5.10 Å². The molecule has 1 aliphatic rings. The van der Waals surface area contributed by atoms with Crippen LogP contribution in [-0.4, -0.2) is 26.5 Å². The van der Waals surface area contributed by atoms with Gasteiger partial charge < -0.3 is 16.0 Å². The fraction of sp³-hybridized carbons (Fsp3) is 0.138. The number of aromatic nitrogens is 2. The average Bonchev–Trinajstić information content (AvgIpc) is 3.34. The minimum atomic E-state index is -0.796. The predicted molar refractivity (Wildman–Crippen MR) is 149 cm³/mol. The number of carbonyl (C=O) groups is 2. The Kier molecular flexibility index (Phi) is 6.87. The smallest absolute Gasteiger partial charge is 0.269 e. The topological polar surface area (TPSA) is 131 Å². The second-order valence-corrected chi connectivity index (χ2v) is 9.50. The Morgan fingerprint density at radius 1 is 0.975 bits per heavy atom. The van der Waals surface area contributed by atoms with Crippen LogP contribution < -0.4 is 16.0 Å². The average molecular weight is 541 g/mol. The Balaban J connectivity index is 1.55. The fourth-order valence-electron chi connectivity index (χ4n) is 4.68. The molecule has 5 rings (SSSR count). The largest absolute Gasteiger partial charge is 0.343 e. The lowest BCUT2D eigenvalue weighted by molar-refractivity contribution is -0.384. The molecule has 0 fully saturated rings. The molecule has 202 valence electrons. The number of amides is 2. The van der Waals surface area contributed by atoms with Crippen LogP contribution in [0.2, 0.25) is 0 Å². The van der Waals surface area contributed by atoms with Crippen LogP contribution in [0.5, 0.6) is 0 Å². The van der Waals surface area contributed by atoms with Crippen molar-refractivity contribution in [1.82, 2.24) is 9.78 Å². The molecular weight excluding hydrogens is 515 g/mol. The summed E-state index contributed by atoms with van der Waals surface area (Å²) in [5, 5.41) is 24.5. The highest BCUT2D eigenvalue weighted by molar-refractivity contribution is 6.09. The first-order chi connectivity index (χ1) is 19.1. The lowest BCUT2D eigenvalue weighted by atomic mass is 9.94. The maximum atomic E-state index is 13.7. The van der Waals surface area contributed by atoms with Gasteiger partial charge in [0.05, 0.1) is 16.7 Å². The number of hydrogen-bond acceptors (Lipinski definition) is 6. The molecule has 0 saturated heterocycles. The molecule has 1 aliphatic heterocycles. The monoisotopic (exact) mass is 540 g/mol. The van der Waals surface area contributed by atoms with Gasteiger partial charge in [0.25, 0.3) is 17.5 Å². The zero-order valence-corrected chi connectivity index (χ0v) is 21.9. The van der Waals surface area contributed by atoms with Gasteiger partial charge in [0, 0.05) is 29.2 Å². The third-order valence-corrected chi connectivity index (χ3v) is 6.66. The summed E-state index contributed by atoms with van der Waals surface area (Å²) >= 11 is 0. The first-order valence-corrected chi connectivity index (χ1v) is 12.4. The van der Waals surface area contributed by atoms with E-state index in [-0.39, 0.29) is 11.3 Å². The van der Waals surface area contributed by atoms with Crippen molar-refractivity contribution in [2.45, 2.75) is 26.8 Å². The molecule has 0 aliphatic carbocycles. The number of halogens is 1. The van der Waals surface area contributed by atoms with Crippen molar-refractivity contribution in [3.63, 3.8) is 0 Å². The van der Waals surface area contributed by atoms with Crippen molar-refractivity contribution in [1.29, 1.82) is 0 Å². The first-order valence-electron chi connectivity index (χ1n) is 12.4. The number of carbonyl (C=O) groups excluding carboxylic acids is 2.